The third kappa shape index (κ3) is 6.26. The minimum absolute atomic E-state index is 0. The predicted octanol–water partition coefficient (Wildman–Crippen LogP) is -0.841. The second kappa shape index (κ2) is 7.81. The molecular weight excluding hydrogens is 259 g/mol. The zero-order chi connectivity index (χ0) is 12.2. The molecule has 0 spiro atoms. The van der Waals surface area contributed by atoms with Crippen LogP contribution in [0.5, 0.6) is 5.75 Å². The van der Waals surface area contributed by atoms with Crippen molar-refractivity contribution in [3.8, 4) is 5.75 Å². The summed E-state index contributed by atoms with van der Waals surface area (Å²) in [4.78, 5) is 0. The summed E-state index contributed by atoms with van der Waals surface area (Å²) in [5, 5.41) is 0. The zero-order valence-corrected chi connectivity index (χ0v) is 13.2. The number of hydrogen-bond acceptors (Lipinski definition) is 2. The van der Waals surface area contributed by atoms with Crippen molar-refractivity contribution in [2.24, 2.45) is 0 Å². The molecule has 0 aliphatic carbocycles. The molecule has 1 aromatic rings. The normalized spacial score (nSPS) is 12.8. The fraction of sp³-hybridized carbons (Fsp3) is 0.400. The van der Waals surface area contributed by atoms with Gasteiger partial charge >= 0.3 is 58.4 Å². The van der Waals surface area contributed by atoms with Gasteiger partial charge in [-0.3, -0.25) is 0 Å². The Kier molecular flexibility index (Phi) is 8.02. The van der Waals surface area contributed by atoms with E-state index in [2.05, 4.69) is 0 Å². The molecule has 0 radical (unpaired) electrons. The molecule has 0 aliphatic rings. The largest absolute Gasteiger partial charge is 1.00 e. The van der Waals surface area contributed by atoms with E-state index in [0.29, 0.717) is 12.4 Å². The Labute approximate surface area is 141 Å². The first-order valence-electron chi connectivity index (χ1n) is 4.89. The van der Waals surface area contributed by atoms with Crippen LogP contribution in [0.3, 0.4) is 0 Å². The predicted molar refractivity (Wildman–Crippen MR) is 57.1 cm³/mol. The molecule has 0 aromatic heterocycles. The van der Waals surface area contributed by atoms with Crippen molar-refractivity contribution < 1.29 is 73.8 Å². The molecule has 17 heavy (non-hydrogen) atoms. The minimum Gasteiger partial charge on any atom is -0.491 e. The third-order valence-corrected chi connectivity index (χ3v) is 2.15. The van der Waals surface area contributed by atoms with Crippen molar-refractivity contribution in [3.05, 3.63) is 24.3 Å². The molecule has 1 rings (SSSR count). The molecule has 2 nitrogen and oxygen atoms in total. The van der Waals surface area contributed by atoms with Crippen molar-refractivity contribution in [2.75, 3.05) is 13.7 Å². The summed E-state index contributed by atoms with van der Waals surface area (Å²) < 4.78 is 47.1. The number of methoxy groups -OCH3 is 1. The maximum atomic E-state index is 12.3. The number of hydrogen-bond donors (Lipinski definition) is 0. The number of rotatable bonds is 5. The van der Waals surface area contributed by atoms with Crippen LogP contribution in [0.15, 0.2) is 24.3 Å². The van der Waals surface area contributed by atoms with Crippen LogP contribution in [0.4, 0.5) is 12.9 Å². The van der Waals surface area contributed by atoms with Crippen LogP contribution in [0.2, 0.25) is 0 Å². The van der Waals surface area contributed by atoms with E-state index < -0.39 is 12.4 Å². The minimum atomic E-state index is -4.93. The van der Waals surface area contributed by atoms with Crippen molar-refractivity contribution >= 4 is 12.4 Å². The Morgan fingerprint density at radius 2 is 1.71 bits per heavy atom. The summed E-state index contributed by atoms with van der Waals surface area (Å²) in [5.74, 6) is 0.410. The number of benzene rings is 1. The molecule has 7 heteroatoms. The van der Waals surface area contributed by atoms with Crippen LogP contribution in [0.1, 0.15) is 6.92 Å². The Bertz CT molecular complexity index is 329. The first kappa shape index (κ1) is 17.5. The van der Waals surface area contributed by atoms with Crippen LogP contribution in [0.25, 0.3) is 0 Å². The smallest absolute Gasteiger partial charge is 0.491 e. The van der Waals surface area contributed by atoms with E-state index in [4.69, 9.17) is 9.47 Å². The Balaban J connectivity index is 0.00000256. The summed E-state index contributed by atoms with van der Waals surface area (Å²) in [5.41, 5.74) is -0.618. The molecule has 0 heterocycles. The first-order valence-corrected chi connectivity index (χ1v) is 4.89. The molecule has 90 valence electrons. The van der Waals surface area contributed by atoms with Gasteiger partial charge in [-0.15, -0.1) is 5.46 Å². The van der Waals surface area contributed by atoms with E-state index in [1.807, 2.05) is 6.92 Å². The maximum absolute atomic E-state index is 12.3. The molecule has 0 bridgehead atoms. The average Bonchev–Trinajstić information content (AvgIpc) is 2.25. The van der Waals surface area contributed by atoms with Gasteiger partial charge in [-0.2, -0.15) is 0 Å². The summed E-state index contributed by atoms with van der Waals surface area (Å²) in [6, 6.07) is 4.67. The van der Waals surface area contributed by atoms with Gasteiger partial charge in [-0.1, -0.05) is 12.1 Å². The molecule has 1 unspecified atom stereocenters. The Morgan fingerprint density at radius 1 is 1.18 bits per heavy atom. The van der Waals surface area contributed by atoms with Crippen molar-refractivity contribution in [1.82, 2.24) is 0 Å². The van der Waals surface area contributed by atoms with Crippen LogP contribution in [0, 0.1) is 0 Å². The number of ether oxygens (including phenoxy) is 2. The van der Waals surface area contributed by atoms with Crippen LogP contribution < -0.4 is 61.6 Å². The maximum Gasteiger partial charge on any atom is 1.00 e. The molecule has 1 atom stereocenters. The van der Waals surface area contributed by atoms with Crippen LogP contribution >= 0.6 is 0 Å². The van der Waals surface area contributed by atoms with Crippen molar-refractivity contribution in [1.29, 1.82) is 0 Å². The molecule has 0 aliphatic heterocycles. The summed E-state index contributed by atoms with van der Waals surface area (Å²) >= 11 is 0. The van der Waals surface area contributed by atoms with E-state index in [-0.39, 0.29) is 57.5 Å². The van der Waals surface area contributed by atoms with Gasteiger partial charge in [0.1, 0.15) is 12.4 Å². The molecular formula is C10H13BF3KO2. The Morgan fingerprint density at radius 3 is 2.12 bits per heavy atom. The SMILES string of the molecule is COC(C)COc1ccc([B-](F)(F)F)cc1.[K+]. The van der Waals surface area contributed by atoms with E-state index in [9.17, 15) is 12.9 Å². The zero-order valence-electron chi connectivity index (χ0n) is 10.1. The van der Waals surface area contributed by atoms with Gasteiger partial charge in [-0.25, -0.2) is 0 Å². The van der Waals surface area contributed by atoms with Gasteiger partial charge in [-0.05, 0) is 19.1 Å². The van der Waals surface area contributed by atoms with Crippen LogP contribution in [-0.2, 0) is 4.74 Å². The quantitative estimate of drug-likeness (QED) is 0.651. The van der Waals surface area contributed by atoms with Gasteiger partial charge in [0.15, 0.2) is 0 Å². The average molecular weight is 272 g/mol. The second-order valence-corrected chi connectivity index (χ2v) is 3.50. The fourth-order valence-electron chi connectivity index (χ4n) is 1.06. The summed E-state index contributed by atoms with van der Waals surface area (Å²) in [6.45, 7) is -2.80. The molecule has 0 saturated heterocycles. The van der Waals surface area contributed by atoms with Crippen LogP contribution in [-0.4, -0.2) is 26.8 Å². The summed E-state index contributed by atoms with van der Waals surface area (Å²) in [6.07, 6.45) is -0.0912. The van der Waals surface area contributed by atoms with Gasteiger partial charge in [0, 0.05) is 7.11 Å². The van der Waals surface area contributed by atoms with Gasteiger partial charge in [0.05, 0.1) is 6.10 Å². The van der Waals surface area contributed by atoms with Gasteiger partial charge in [0.2, 0.25) is 0 Å². The van der Waals surface area contributed by atoms with E-state index in [1.54, 1.807) is 7.11 Å². The van der Waals surface area contributed by atoms with Gasteiger partial charge in [0.25, 0.3) is 0 Å². The molecule has 1 aromatic carbocycles. The monoisotopic (exact) mass is 272 g/mol. The third-order valence-electron chi connectivity index (χ3n) is 2.15. The standard InChI is InChI=1S/C10H13BF3O2.K/c1-8(15-2)7-16-10-5-3-9(4-6-10)11(12,13)14;/h3-6,8H,7H2,1-2H3;/q-1;+1. The molecule has 0 amide bonds. The molecule has 0 saturated carbocycles. The molecule has 0 fully saturated rings. The van der Waals surface area contributed by atoms with Gasteiger partial charge < -0.3 is 22.4 Å². The van der Waals surface area contributed by atoms with E-state index in [0.717, 1.165) is 12.1 Å². The Hall–Kier alpha value is 0.471. The second-order valence-electron chi connectivity index (χ2n) is 3.50. The summed E-state index contributed by atoms with van der Waals surface area (Å²) in [7, 11) is 1.54. The first-order chi connectivity index (χ1) is 7.43. The van der Waals surface area contributed by atoms with Crippen molar-refractivity contribution in [2.45, 2.75) is 13.0 Å². The number of halogens is 3. The van der Waals surface area contributed by atoms with E-state index in [1.165, 1.54) is 12.1 Å². The topological polar surface area (TPSA) is 18.5 Å². The fourth-order valence-corrected chi connectivity index (χ4v) is 1.06. The molecule has 0 N–H and O–H groups in total. The van der Waals surface area contributed by atoms with E-state index >= 15 is 0 Å². The van der Waals surface area contributed by atoms with Crippen molar-refractivity contribution in [3.63, 3.8) is 0 Å².